The summed E-state index contributed by atoms with van der Waals surface area (Å²) in [6.07, 6.45) is -0.164. The van der Waals surface area contributed by atoms with Gasteiger partial charge in [0.2, 0.25) is 5.91 Å². The monoisotopic (exact) mass is 348 g/mol. The first-order chi connectivity index (χ1) is 12.1. The average Bonchev–Trinajstić information content (AvgIpc) is 3.07. The van der Waals surface area contributed by atoms with Crippen LogP contribution in [-0.4, -0.2) is 54.9 Å². The van der Waals surface area contributed by atoms with Gasteiger partial charge in [0.05, 0.1) is 13.7 Å². The molecule has 2 saturated heterocycles. The van der Waals surface area contributed by atoms with Gasteiger partial charge in [0.15, 0.2) is 6.04 Å². The fourth-order valence-corrected chi connectivity index (χ4v) is 3.05. The lowest BCUT2D eigenvalue weighted by Gasteiger charge is -2.35. The molecule has 8 heteroatoms. The Kier molecular flexibility index (Phi) is 5.18. The van der Waals surface area contributed by atoms with Gasteiger partial charge in [-0.15, -0.1) is 0 Å². The van der Waals surface area contributed by atoms with E-state index in [1.807, 2.05) is 30.3 Å². The standard InChI is InChI=1S/C17H20N2O6/c1-23-16(21)13-10-24-14-8-7-12(15(20)19(13)14)18-17(22)25-9-11-5-3-2-4-6-11/h2-6,12-14H,7-10H2,1H3,(H,18,22)/t12-,13-,14+/m0/s1. The van der Waals surface area contributed by atoms with Gasteiger partial charge in [-0.2, -0.15) is 0 Å². The molecule has 1 aromatic carbocycles. The highest BCUT2D eigenvalue weighted by Crippen LogP contribution is 2.28. The van der Waals surface area contributed by atoms with Gasteiger partial charge in [0.25, 0.3) is 0 Å². The van der Waals surface area contributed by atoms with Gasteiger partial charge in [0, 0.05) is 0 Å². The molecule has 0 saturated carbocycles. The van der Waals surface area contributed by atoms with Crippen molar-refractivity contribution in [3.63, 3.8) is 0 Å². The van der Waals surface area contributed by atoms with Crippen LogP contribution in [0.25, 0.3) is 0 Å². The van der Waals surface area contributed by atoms with Crippen molar-refractivity contribution in [3.05, 3.63) is 35.9 Å². The summed E-state index contributed by atoms with van der Waals surface area (Å²) in [6, 6.07) is 7.74. The van der Waals surface area contributed by atoms with Crippen LogP contribution in [0.15, 0.2) is 30.3 Å². The van der Waals surface area contributed by atoms with Gasteiger partial charge in [0.1, 0.15) is 18.9 Å². The molecule has 8 nitrogen and oxygen atoms in total. The van der Waals surface area contributed by atoms with Gasteiger partial charge >= 0.3 is 12.1 Å². The number of hydrogen-bond acceptors (Lipinski definition) is 6. The minimum Gasteiger partial charge on any atom is -0.467 e. The van der Waals surface area contributed by atoms with Crippen molar-refractivity contribution in [2.45, 2.75) is 37.8 Å². The number of hydrogen-bond donors (Lipinski definition) is 1. The third-order valence-corrected chi connectivity index (χ3v) is 4.33. The van der Waals surface area contributed by atoms with Crippen LogP contribution in [0.3, 0.4) is 0 Å². The number of nitrogens with zero attached hydrogens (tertiary/aromatic N) is 1. The van der Waals surface area contributed by atoms with Gasteiger partial charge < -0.3 is 19.5 Å². The highest BCUT2D eigenvalue weighted by atomic mass is 16.6. The number of alkyl carbamates (subject to hydrolysis) is 1. The van der Waals surface area contributed by atoms with Gasteiger partial charge in [-0.05, 0) is 18.4 Å². The summed E-state index contributed by atoms with van der Waals surface area (Å²) in [4.78, 5) is 37.7. The predicted octanol–water partition coefficient (Wildman–Crippen LogP) is 0.802. The zero-order chi connectivity index (χ0) is 17.8. The lowest BCUT2D eigenvalue weighted by molar-refractivity contribution is -0.156. The van der Waals surface area contributed by atoms with Crippen LogP contribution in [0.1, 0.15) is 18.4 Å². The van der Waals surface area contributed by atoms with Crippen molar-refractivity contribution >= 4 is 18.0 Å². The number of ether oxygens (including phenoxy) is 3. The van der Waals surface area contributed by atoms with Crippen LogP contribution in [0.2, 0.25) is 0 Å². The van der Waals surface area contributed by atoms with E-state index in [1.165, 1.54) is 12.0 Å². The first kappa shape index (κ1) is 17.2. The van der Waals surface area contributed by atoms with E-state index >= 15 is 0 Å². The number of fused-ring (bicyclic) bond motifs is 1. The van der Waals surface area contributed by atoms with Crippen LogP contribution < -0.4 is 5.32 Å². The molecule has 0 aliphatic carbocycles. The second-order valence-electron chi connectivity index (χ2n) is 5.91. The van der Waals surface area contributed by atoms with Crippen molar-refractivity contribution in [1.82, 2.24) is 10.2 Å². The van der Waals surface area contributed by atoms with E-state index in [4.69, 9.17) is 14.2 Å². The van der Waals surface area contributed by atoms with Crippen molar-refractivity contribution in [2.75, 3.05) is 13.7 Å². The largest absolute Gasteiger partial charge is 0.467 e. The molecule has 3 rings (SSSR count). The summed E-state index contributed by atoms with van der Waals surface area (Å²) in [5.41, 5.74) is 0.853. The fourth-order valence-electron chi connectivity index (χ4n) is 3.05. The topological polar surface area (TPSA) is 94.2 Å². The third-order valence-electron chi connectivity index (χ3n) is 4.33. The molecule has 0 spiro atoms. The Labute approximate surface area is 145 Å². The van der Waals surface area contributed by atoms with Crippen molar-refractivity contribution in [1.29, 1.82) is 0 Å². The molecule has 0 radical (unpaired) electrons. The van der Waals surface area contributed by atoms with Crippen molar-refractivity contribution in [2.24, 2.45) is 0 Å². The third kappa shape index (κ3) is 3.74. The molecule has 2 amide bonds. The van der Waals surface area contributed by atoms with E-state index in [-0.39, 0.29) is 19.1 Å². The molecule has 0 aromatic heterocycles. The molecule has 25 heavy (non-hydrogen) atoms. The fraction of sp³-hybridized carbons (Fsp3) is 0.471. The second-order valence-corrected chi connectivity index (χ2v) is 5.91. The van der Waals surface area contributed by atoms with E-state index in [0.717, 1.165) is 5.56 Å². The number of carbonyl (C=O) groups excluding carboxylic acids is 3. The Morgan fingerprint density at radius 2 is 2.04 bits per heavy atom. The Bertz CT molecular complexity index is 650. The van der Waals surface area contributed by atoms with Gasteiger partial charge in [-0.1, -0.05) is 30.3 Å². The molecular weight excluding hydrogens is 328 g/mol. The number of nitrogens with one attached hydrogen (secondary N) is 1. The molecule has 1 N–H and O–H groups in total. The minimum atomic E-state index is -0.771. The Balaban J connectivity index is 1.57. The quantitative estimate of drug-likeness (QED) is 0.809. The summed E-state index contributed by atoms with van der Waals surface area (Å²) < 4.78 is 15.3. The van der Waals surface area contributed by atoms with E-state index in [9.17, 15) is 14.4 Å². The molecule has 0 unspecified atom stereocenters. The maximum atomic E-state index is 12.6. The highest BCUT2D eigenvalue weighted by Gasteiger charge is 2.48. The van der Waals surface area contributed by atoms with Crippen LogP contribution in [0, 0.1) is 0 Å². The second kappa shape index (κ2) is 7.52. The molecule has 3 atom stereocenters. The highest BCUT2D eigenvalue weighted by molar-refractivity contribution is 5.91. The number of rotatable bonds is 4. The Morgan fingerprint density at radius 1 is 1.28 bits per heavy atom. The summed E-state index contributed by atoms with van der Waals surface area (Å²) in [5, 5.41) is 2.57. The molecule has 1 aromatic rings. The summed E-state index contributed by atoms with van der Waals surface area (Å²) in [7, 11) is 1.26. The molecule has 0 bridgehead atoms. The molecular formula is C17H20N2O6. The number of amides is 2. The van der Waals surface area contributed by atoms with Crippen LogP contribution >= 0.6 is 0 Å². The smallest absolute Gasteiger partial charge is 0.408 e. The minimum absolute atomic E-state index is 0.105. The number of esters is 1. The summed E-state index contributed by atoms with van der Waals surface area (Å²) in [5.74, 6) is -0.885. The lowest BCUT2D eigenvalue weighted by Crippen LogP contribution is -2.58. The average molecular weight is 348 g/mol. The maximum Gasteiger partial charge on any atom is 0.408 e. The molecule has 2 heterocycles. The van der Waals surface area contributed by atoms with Crippen molar-refractivity contribution < 1.29 is 28.6 Å². The van der Waals surface area contributed by atoms with E-state index in [2.05, 4.69) is 5.32 Å². The van der Waals surface area contributed by atoms with E-state index in [1.54, 1.807) is 0 Å². The Hall–Kier alpha value is -2.61. The van der Waals surface area contributed by atoms with Gasteiger partial charge in [-0.3, -0.25) is 9.69 Å². The van der Waals surface area contributed by atoms with Crippen molar-refractivity contribution in [3.8, 4) is 0 Å². The zero-order valence-corrected chi connectivity index (χ0v) is 13.8. The molecule has 2 aliphatic heterocycles. The number of methoxy groups -OCH3 is 1. The van der Waals surface area contributed by atoms with E-state index < -0.39 is 30.4 Å². The van der Waals surface area contributed by atoms with Crippen LogP contribution in [0.4, 0.5) is 4.79 Å². The molecule has 2 fully saturated rings. The predicted molar refractivity (Wildman–Crippen MR) is 85.2 cm³/mol. The van der Waals surface area contributed by atoms with E-state index in [0.29, 0.717) is 12.8 Å². The molecule has 134 valence electrons. The van der Waals surface area contributed by atoms with Crippen LogP contribution in [0.5, 0.6) is 0 Å². The first-order valence-corrected chi connectivity index (χ1v) is 8.09. The number of carbonyl (C=O) groups is 3. The number of benzene rings is 1. The number of piperidine rings is 1. The summed E-state index contributed by atoms with van der Waals surface area (Å²) >= 11 is 0. The first-order valence-electron chi connectivity index (χ1n) is 8.09. The Morgan fingerprint density at radius 3 is 2.76 bits per heavy atom. The zero-order valence-electron chi connectivity index (χ0n) is 13.8. The van der Waals surface area contributed by atoms with Gasteiger partial charge in [-0.25, -0.2) is 9.59 Å². The lowest BCUT2D eigenvalue weighted by atomic mass is 10.0. The van der Waals surface area contributed by atoms with Crippen LogP contribution in [-0.2, 0) is 30.4 Å². The normalized spacial score (nSPS) is 25.2. The SMILES string of the molecule is COC(=O)[C@@H]1CO[C@@H]2CC[C@H](NC(=O)OCc3ccccc3)C(=O)N21. The summed E-state index contributed by atoms with van der Waals surface area (Å²) in [6.45, 7) is 0.224. The maximum absolute atomic E-state index is 12.6. The molecule has 2 aliphatic rings.